The van der Waals surface area contributed by atoms with Crippen LogP contribution in [0, 0.1) is 5.92 Å². The Hall–Kier alpha value is -1.35. The standard InChI is InChI=1S/C13H19N3/c1-3-10(2)8-12(14)11-9-15-16-7-5-4-6-13(11)16/h4-7,9-10,12H,3,8,14H2,1-2H3. The Kier molecular flexibility index (Phi) is 3.25. The van der Waals surface area contributed by atoms with Gasteiger partial charge in [-0.15, -0.1) is 0 Å². The van der Waals surface area contributed by atoms with Crippen LogP contribution in [-0.4, -0.2) is 9.61 Å². The van der Waals surface area contributed by atoms with E-state index in [0.717, 1.165) is 17.5 Å². The zero-order chi connectivity index (χ0) is 11.5. The molecule has 0 aliphatic carbocycles. The number of nitrogens with zero attached hydrogens (tertiary/aromatic N) is 2. The van der Waals surface area contributed by atoms with E-state index in [9.17, 15) is 0 Å². The van der Waals surface area contributed by atoms with Crippen LogP contribution in [0.25, 0.3) is 5.52 Å². The topological polar surface area (TPSA) is 43.3 Å². The molecular weight excluding hydrogens is 198 g/mol. The van der Waals surface area contributed by atoms with E-state index >= 15 is 0 Å². The van der Waals surface area contributed by atoms with Crippen LogP contribution in [0.3, 0.4) is 0 Å². The molecule has 0 radical (unpaired) electrons. The van der Waals surface area contributed by atoms with Gasteiger partial charge in [0.1, 0.15) is 0 Å². The summed E-state index contributed by atoms with van der Waals surface area (Å²) < 4.78 is 1.88. The van der Waals surface area contributed by atoms with Gasteiger partial charge in [0.05, 0.1) is 11.7 Å². The highest BCUT2D eigenvalue weighted by Gasteiger charge is 2.14. The van der Waals surface area contributed by atoms with Crippen LogP contribution in [0.4, 0.5) is 0 Å². The molecule has 3 heteroatoms. The van der Waals surface area contributed by atoms with Crippen molar-refractivity contribution in [1.82, 2.24) is 9.61 Å². The van der Waals surface area contributed by atoms with Crippen LogP contribution in [0.5, 0.6) is 0 Å². The number of hydrogen-bond donors (Lipinski definition) is 1. The Labute approximate surface area is 96.3 Å². The molecule has 2 atom stereocenters. The lowest BCUT2D eigenvalue weighted by Crippen LogP contribution is -2.13. The molecule has 0 aliphatic rings. The number of pyridine rings is 1. The fourth-order valence-corrected chi connectivity index (χ4v) is 1.97. The van der Waals surface area contributed by atoms with Gasteiger partial charge >= 0.3 is 0 Å². The molecule has 0 saturated carbocycles. The second kappa shape index (κ2) is 4.66. The first kappa shape index (κ1) is 11.1. The smallest absolute Gasteiger partial charge is 0.0709 e. The molecule has 0 fully saturated rings. The molecular formula is C13H19N3. The minimum Gasteiger partial charge on any atom is -0.324 e. The monoisotopic (exact) mass is 217 g/mol. The van der Waals surface area contributed by atoms with E-state index in [-0.39, 0.29) is 6.04 Å². The summed E-state index contributed by atoms with van der Waals surface area (Å²) in [6.07, 6.45) is 6.04. The van der Waals surface area contributed by atoms with E-state index in [1.165, 1.54) is 6.42 Å². The Balaban J connectivity index is 2.26. The van der Waals surface area contributed by atoms with Gasteiger partial charge in [0, 0.05) is 17.8 Å². The third kappa shape index (κ3) is 2.09. The maximum Gasteiger partial charge on any atom is 0.0709 e. The van der Waals surface area contributed by atoms with Gasteiger partial charge in [-0.25, -0.2) is 4.52 Å². The fraction of sp³-hybridized carbons (Fsp3) is 0.462. The molecule has 2 N–H and O–H groups in total. The van der Waals surface area contributed by atoms with Crippen LogP contribution >= 0.6 is 0 Å². The lowest BCUT2D eigenvalue weighted by Gasteiger charge is -2.14. The minimum absolute atomic E-state index is 0.0925. The van der Waals surface area contributed by atoms with Crippen molar-refractivity contribution in [1.29, 1.82) is 0 Å². The van der Waals surface area contributed by atoms with Gasteiger partial charge in [0.2, 0.25) is 0 Å². The number of nitrogens with two attached hydrogens (primary N) is 1. The molecule has 16 heavy (non-hydrogen) atoms. The summed E-state index contributed by atoms with van der Waals surface area (Å²) in [5.74, 6) is 0.661. The quantitative estimate of drug-likeness (QED) is 0.855. The maximum atomic E-state index is 6.23. The van der Waals surface area contributed by atoms with Gasteiger partial charge in [-0.2, -0.15) is 5.10 Å². The van der Waals surface area contributed by atoms with Crippen molar-refractivity contribution >= 4 is 5.52 Å². The first-order valence-corrected chi connectivity index (χ1v) is 5.90. The molecule has 2 heterocycles. The zero-order valence-corrected chi connectivity index (χ0v) is 9.93. The van der Waals surface area contributed by atoms with Crippen LogP contribution in [0.2, 0.25) is 0 Å². The van der Waals surface area contributed by atoms with Gasteiger partial charge in [-0.1, -0.05) is 26.3 Å². The first-order valence-electron chi connectivity index (χ1n) is 5.90. The predicted octanol–water partition coefficient (Wildman–Crippen LogP) is 2.77. The third-order valence-electron chi connectivity index (χ3n) is 3.21. The fourth-order valence-electron chi connectivity index (χ4n) is 1.97. The van der Waals surface area contributed by atoms with Gasteiger partial charge in [0.25, 0.3) is 0 Å². The van der Waals surface area contributed by atoms with E-state index < -0.39 is 0 Å². The highest BCUT2D eigenvalue weighted by molar-refractivity contribution is 5.54. The molecule has 2 rings (SSSR count). The summed E-state index contributed by atoms with van der Waals surface area (Å²) in [4.78, 5) is 0. The van der Waals surface area contributed by atoms with Crippen LogP contribution < -0.4 is 5.73 Å². The van der Waals surface area contributed by atoms with Gasteiger partial charge < -0.3 is 5.73 Å². The summed E-state index contributed by atoms with van der Waals surface area (Å²) in [5.41, 5.74) is 8.51. The number of hydrogen-bond acceptors (Lipinski definition) is 2. The lowest BCUT2D eigenvalue weighted by atomic mass is 9.96. The Morgan fingerprint density at radius 3 is 3.00 bits per heavy atom. The van der Waals surface area contributed by atoms with Crippen molar-refractivity contribution in [3.8, 4) is 0 Å². The van der Waals surface area contributed by atoms with Crippen LogP contribution in [0.1, 0.15) is 38.3 Å². The summed E-state index contributed by atoms with van der Waals surface area (Å²) in [6.45, 7) is 4.44. The molecule has 0 saturated heterocycles. The first-order chi connectivity index (χ1) is 7.72. The van der Waals surface area contributed by atoms with Crippen LogP contribution in [-0.2, 0) is 0 Å². The number of rotatable bonds is 4. The molecule has 3 nitrogen and oxygen atoms in total. The predicted molar refractivity (Wildman–Crippen MR) is 66.2 cm³/mol. The molecule has 86 valence electrons. The Morgan fingerprint density at radius 1 is 1.44 bits per heavy atom. The average Bonchev–Trinajstić information content (AvgIpc) is 2.72. The van der Waals surface area contributed by atoms with E-state index in [4.69, 9.17) is 5.73 Å². The Morgan fingerprint density at radius 2 is 2.25 bits per heavy atom. The normalized spacial score (nSPS) is 15.2. The van der Waals surface area contributed by atoms with Gasteiger partial charge in [-0.05, 0) is 24.5 Å². The molecule has 0 aromatic carbocycles. The maximum absolute atomic E-state index is 6.23. The highest BCUT2D eigenvalue weighted by Crippen LogP contribution is 2.23. The lowest BCUT2D eigenvalue weighted by molar-refractivity contribution is 0.462. The molecule has 2 aromatic rings. The third-order valence-corrected chi connectivity index (χ3v) is 3.21. The van der Waals surface area contributed by atoms with Crippen molar-refractivity contribution in [3.05, 3.63) is 36.2 Å². The zero-order valence-electron chi connectivity index (χ0n) is 9.93. The highest BCUT2D eigenvalue weighted by atomic mass is 15.2. The van der Waals surface area contributed by atoms with Crippen molar-refractivity contribution < 1.29 is 0 Å². The van der Waals surface area contributed by atoms with E-state index in [1.807, 2.05) is 29.0 Å². The number of fused-ring (bicyclic) bond motifs is 1. The van der Waals surface area contributed by atoms with Crippen molar-refractivity contribution in [2.24, 2.45) is 11.7 Å². The molecule has 0 amide bonds. The Bertz CT molecular complexity index is 461. The molecule has 0 spiro atoms. The molecule has 0 bridgehead atoms. The molecule has 2 unspecified atom stereocenters. The molecule has 2 aromatic heterocycles. The van der Waals surface area contributed by atoms with Crippen molar-refractivity contribution in [2.45, 2.75) is 32.7 Å². The van der Waals surface area contributed by atoms with Crippen molar-refractivity contribution in [3.63, 3.8) is 0 Å². The average molecular weight is 217 g/mol. The summed E-state index contributed by atoms with van der Waals surface area (Å²) in [5, 5.41) is 4.31. The second-order valence-electron chi connectivity index (χ2n) is 4.49. The number of aromatic nitrogens is 2. The summed E-state index contributed by atoms with van der Waals surface area (Å²) in [7, 11) is 0. The van der Waals surface area contributed by atoms with E-state index in [2.05, 4.69) is 25.0 Å². The van der Waals surface area contributed by atoms with E-state index in [1.54, 1.807) is 0 Å². The SMILES string of the molecule is CCC(C)CC(N)c1cnn2ccccc12. The van der Waals surface area contributed by atoms with Gasteiger partial charge in [0.15, 0.2) is 0 Å². The van der Waals surface area contributed by atoms with Crippen molar-refractivity contribution in [2.75, 3.05) is 0 Å². The van der Waals surface area contributed by atoms with Crippen LogP contribution in [0.15, 0.2) is 30.6 Å². The minimum atomic E-state index is 0.0925. The van der Waals surface area contributed by atoms with E-state index in [0.29, 0.717) is 5.92 Å². The summed E-state index contributed by atoms with van der Waals surface area (Å²) >= 11 is 0. The largest absolute Gasteiger partial charge is 0.324 e. The second-order valence-corrected chi connectivity index (χ2v) is 4.49. The van der Waals surface area contributed by atoms with Gasteiger partial charge in [-0.3, -0.25) is 0 Å². The molecule has 0 aliphatic heterocycles. The summed E-state index contributed by atoms with van der Waals surface area (Å²) in [6, 6.07) is 6.16.